The highest BCUT2D eigenvalue weighted by atomic mass is 79.9. The molecule has 130 valence electrons. The predicted octanol–water partition coefficient (Wildman–Crippen LogP) is 3.51. The van der Waals surface area contributed by atoms with E-state index in [0.717, 1.165) is 22.9 Å². The second-order valence-electron chi connectivity index (χ2n) is 6.07. The van der Waals surface area contributed by atoms with Gasteiger partial charge in [0.05, 0.1) is 6.54 Å². The third-order valence-electron chi connectivity index (χ3n) is 4.06. The van der Waals surface area contributed by atoms with Gasteiger partial charge in [-0.15, -0.1) is 0 Å². The highest BCUT2D eigenvalue weighted by Gasteiger charge is 2.32. The molecule has 4 nitrogen and oxygen atoms in total. The molecule has 1 fully saturated rings. The molecule has 6 heteroatoms. The summed E-state index contributed by atoms with van der Waals surface area (Å²) in [7, 11) is 0. The molecule has 0 saturated heterocycles. The number of halogens is 2. The lowest BCUT2D eigenvalue weighted by atomic mass is 10.2. The molecule has 0 unspecified atom stereocenters. The van der Waals surface area contributed by atoms with Crippen LogP contribution in [0.1, 0.15) is 28.8 Å². The van der Waals surface area contributed by atoms with Crippen LogP contribution in [0.15, 0.2) is 53.0 Å². The van der Waals surface area contributed by atoms with Crippen LogP contribution in [0.25, 0.3) is 0 Å². The third-order valence-corrected chi connectivity index (χ3v) is 4.55. The van der Waals surface area contributed by atoms with Crippen molar-refractivity contribution in [1.82, 2.24) is 10.2 Å². The molecule has 0 bridgehead atoms. The second kappa shape index (κ2) is 7.78. The minimum atomic E-state index is -0.297. The van der Waals surface area contributed by atoms with Crippen LogP contribution < -0.4 is 5.32 Å². The smallest absolute Gasteiger partial charge is 0.251 e. The number of rotatable bonds is 6. The van der Waals surface area contributed by atoms with Crippen molar-refractivity contribution in [2.45, 2.75) is 25.4 Å². The average molecular weight is 405 g/mol. The number of carbonyl (C=O) groups excluding carboxylic acids is 2. The van der Waals surface area contributed by atoms with Gasteiger partial charge in [0.2, 0.25) is 5.91 Å². The minimum absolute atomic E-state index is 0.0525. The number of amides is 2. The van der Waals surface area contributed by atoms with E-state index < -0.39 is 0 Å². The largest absolute Gasteiger partial charge is 0.343 e. The zero-order chi connectivity index (χ0) is 17.8. The molecule has 1 saturated carbocycles. The summed E-state index contributed by atoms with van der Waals surface area (Å²) in [4.78, 5) is 26.4. The van der Waals surface area contributed by atoms with Crippen LogP contribution in [0, 0.1) is 5.82 Å². The highest BCUT2D eigenvalue weighted by Crippen LogP contribution is 2.28. The molecule has 0 heterocycles. The van der Waals surface area contributed by atoms with Crippen LogP contribution in [0.2, 0.25) is 0 Å². The number of carbonyl (C=O) groups is 2. The van der Waals surface area contributed by atoms with Crippen LogP contribution in [-0.2, 0) is 11.3 Å². The monoisotopic (exact) mass is 404 g/mol. The van der Waals surface area contributed by atoms with Gasteiger partial charge in [-0.2, -0.15) is 0 Å². The molecule has 0 aromatic heterocycles. The van der Waals surface area contributed by atoms with Crippen molar-refractivity contribution in [2.75, 3.05) is 6.54 Å². The SMILES string of the molecule is O=C(NCC(=O)N(Cc1ccc(F)cc1)C1CC1)c1cccc(Br)c1. The van der Waals surface area contributed by atoms with E-state index in [4.69, 9.17) is 0 Å². The van der Waals surface area contributed by atoms with Gasteiger partial charge in [-0.3, -0.25) is 9.59 Å². The summed E-state index contributed by atoms with van der Waals surface area (Å²) in [5.74, 6) is -0.711. The number of nitrogens with one attached hydrogen (secondary N) is 1. The van der Waals surface area contributed by atoms with Gasteiger partial charge in [0.25, 0.3) is 5.91 Å². The maximum Gasteiger partial charge on any atom is 0.251 e. The van der Waals surface area contributed by atoms with Gasteiger partial charge in [-0.05, 0) is 48.7 Å². The van der Waals surface area contributed by atoms with Gasteiger partial charge in [0.1, 0.15) is 5.82 Å². The third kappa shape index (κ3) is 4.89. The topological polar surface area (TPSA) is 49.4 Å². The van der Waals surface area contributed by atoms with E-state index in [1.54, 1.807) is 35.2 Å². The molecule has 0 aliphatic heterocycles. The lowest BCUT2D eigenvalue weighted by molar-refractivity contribution is -0.131. The number of benzene rings is 2. The summed E-state index contributed by atoms with van der Waals surface area (Å²) in [6.07, 6.45) is 1.93. The van der Waals surface area contributed by atoms with E-state index in [2.05, 4.69) is 21.2 Å². The van der Waals surface area contributed by atoms with Crippen molar-refractivity contribution >= 4 is 27.7 Å². The average Bonchev–Trinajstić information content (AvgIpc) is 3.43. The van der Waals surface area contributed by atoms with Crippen LogP contribution in [0.4, 0.5) is 4.39 Å². The van der Waals surface area contributed by atoms with E-state index in [-0.39, 0.29) is 30.2 Å². The molecular weight excluding hydrogens is 387 g/mol. The van der Waals surface area contributed by atoms with Crippen LogP contribution in [0.3, 0.4) is 0 Å². The lowest BCUT2D eigenvalue weighted by Gasteiger charge is -2.23. The number of hydrogen-bond donors (Lipinski definition) is 1. The van der Waals surface area contributed by atoms with E-state index in [1.165, 1.54) is 12.1 Å². The summed E-state index contributed by atoms with van der Waals surface area (Å²) < 4.78 is 13.8. The quantitative estimate of drug-likeness (QED) is 0.800. The lowest BCUT2D eigenvalue weighted by Crippen LogP contribution is -2.41. The molecule has 1 N–H and O–H groups in total. The Morgan fingerprint density at radius 3 is 2.52 bits per heavy atom. The zero-order valence-corrected chi connectivity index (χ0v) is 15.1. The Morgan fingerprint density at radius 2 is 1.88 bits per heavy atom. The normalized spacial score (nSPS) is 13.4. The molecule has 25 heavy (non-hydrogen) atoms. The molecule has 2 aromatic carbocycles. The van der Waals surface area contributed by atoms with Crippen molar-refractivity contribution in [1.29, 1.82) is 0 Å². The van der Waals surface area contributed by atoms with Crippen LogP contribution in [0.5, 0.6) is 0 Å². The van der Waals surface area contributed by atoms with Gasteiger partial charge in [0, 0.05) is 22.6 Å². The Morgan fingerprint density at radius 1 is 1.16 bits per heavy atom. The summed E-state index contributed by atoms with van der Waals surface area (Å²) in [6.45, 7) is 0.375. The number of nitrogens with zero attached hydrogens (tertiary/aromatic N) is 1. The van der Waals surface area contributed by atoms with Crippen molar-refractivity contribution < 1.29 is 14.0 Å². The first-order valence-corrected chi connectivity index (χ1v) is 8.90. The summed E-state index contributed by atoms with van der Waals surface area (Å²) >= 11 is 3.32. The molecule has 0 radical (unpaired) electrons. The zero-order valence-electron chi connectivity index (χ0n) is 13.5. The first kappa shape index (κ1) is 17.6. The standard InChI is InChI=1S/C19H18BrFN2O2/c20-15-3-1-2-14(10-15)19(25)22-11-18(24)23(17-8-9-17)12-13-4-6-16(21)7-5-13/h1-7,10,17H,8-9,11-12H2,(H,22,25). The Bertz CT molecular complexity index is 775. The van der Waals surface area contributed by atoms with Crippen molar-refractivity contribution in [3.63, 3.8) is 0 Å². The van der Waals surface area contributed by atoms with Gasteiger partial charge in [0.15, 0.2) is 0 Å². The van der Waals surface area contributed by atoms with Gasteiger partial charge >= 0.3 is 0 Å². The summed E-state index contributed by atoms with van der Waals surface area (Å²) in [5.41, 5.74) is 1.37. The maximum atomic E-state index is 13.0. The Kier molecular flexibility index (Phi) is 5.48. The molecule has 2 aromatic rings. The Hall–Kier alpha value is -2.21. The van der Waals surface area contributed by atoms with Crippen molar-refractivity contribution in [3.05, 3.63) is 69.9 Å². The summed E-state index contributed by atoms with van der Waals surface area (Å²) in [6, 6.07) is 13.3. The predicted molar refractivity (Wildman–Crippen MR) is 96.4 cm³/mol. The first-order valence-electron chi connectivity index (χ1n) is 8.10. The Balaban J connectivity index is 1.59. The molecule has 1 aliphatic rings. The van der Waals surface area contributed by atoms with E-state index in [9.17, 15) is 14.0 Å². The maximum absolute atomic E-state index is 13.0. The van der Waals surface area contributed by atoms with E-state index >= 15 is 0 Å². The fraction of sp³-hybridized carbons (Fsp3) is 0.263. The van der Waals surface area contributed by atoms with E-state index in [1.807, 2.05) is 6.07 Å². The molecule has 1 aliphatic carbocycles. The molecule has 2 amide bonds. The van der Waals surface area contributed by atoms with Gasteiger partial charge in [-0.1, -0.05) is 34.1 Å². The summed E-state index contributed by atoms with van der Waals surface area (Å²) in [5, 5.41) is 2.67. The molecular formula is C19H18BrFN2O2. The molecule has 3 rings (SSSR count). The Labute approximate surface area is 154 Å². The van der Waals surface area contributed by atoms with Gasteiger partial charge in [-0.25, -0.2) is 4.39 Å². The van der Waals surface area contributed by atoms with E-state index in [0.29, 0.717) is 12.1 Å². The van der Waals surface area contributed by atoms with Crippen molar-refractivity contribution in [3.8, 4) is 0 Å². The first-order chi connectivity index (χ1) is 12.0. The van der Waals surface area contributed by atoms with Crippen LogP contribution in [-0.4, -0.2) is 29.3 Å². The van der Waals surface area contributed by atoms with Crippen LogP contribution >= 0.6 is 15.9 Å². The minimum Gasteiger partial charge on any atom is -0.343 e. The van der Waals surface area contributed by atoms with Gasteiger partial charge < -0.3 is 10.2 Å². The second-order valence-corrected chi connectivity index (χ2v) is 6.99. The molecule has 0 spiro atoms. The molecule has 0 atom stereocenters. The fourth-order valence-electron chi connectivity index (χ4n) is 2.58. The number of hydrogen-bond acceptors (Lipinski definition) is 2. The highest BCUT2D eigenvalue weighted by molar-refractivity contribution is 9.10. The fourth-order valence-corrected chi connectivity index (χ4v) is 2.98. The van der Waals surface area contributed by atoms with Crippen molar-refractivity contribution in [2.24, 2.45) is 0 Å².